The number of halogens is 1. The number of thiophene rings is 1. The van der Waals surface area contributed by atoms with Crippen LogP contribution in [-0.4, -0.2) is 56.9 Å². The third kappa shape index (κ3) is 4.34. The van der Waals surface area contributed by atoms with Crippen molar-refractivity contribution in [2.45, 2.75) is 11.4 Å². The standard InChI is InChI=1S/C17H19BrN2O4S2/c1-24-17(21)13-3-2-4-15(11-13)26(22,23)20-9-7-19(8-10-20)12-14-5-6-16(18)25-14/h2-6,11H,7-10,12H2,1H3. The van der Waals surface area contributed by atoms with Crippen molar-refractivity contribution in [1.29, 1.82) is 0 Å². The lowest BCUT2D eigenvalue weighted by Crippen LogP contribution is -2.48. The normalized spacial score (nSPS) is 16.5. The minimum atomic E-state index is -3.62. The summed E-state index contributed by atoms with van der Waals surface area (Å²) >= 11 is 5.15. The number of nitrogens with zero attached hydrogens (tertiary/aromatic N) is 2. The summed E-state index contributed by atoms with van der Waals surface area (Å²) in [5.41, 5.74) is 0.232. The Bertz CT molecular complexity index is 890. The number of rotatable bonds is 5. The fraction of sp³-hybridized carbons (Fsp3) is 0.353. The largest absolute Gasteiger partial charge is 0.465 e. The second-order valence-corrected chi connectivity index (χ2v) is 10.4. The maximum atomic E-state index is 12.9. The zero-order chi connectivity index (χ0) is 18.7. The van der Waals surface area contributed by atoms with Gasteiger partial charge in [-0.25, -0.2) is 13.2 Å². The van der Waals surface area contributed by atoms with Crippen LogP contribution in [0.15, 0.2) is 45.1 Å². The van der Waals surface area contributed by atoms with Gasteiger partial charge in [0.05, 0.1) is 21.4 Å². The van der Waals surface area contributed by atoms with E-state index in [4.69, 9.17) is 0 Å². The zero-order valence-corrected chi connectivity index (χ0v) is 17.4. The Morgan fingerprint density at radius 1 is 1.19 bits per heavy atom. The van der Waals surface area contributed by atoms with Gasteiger partial charge in [0.15, 0.2) is 0 Å². The van der Waals surface area contributed by atoms with E-state index in [1.807, 2.05) is 6.07 Å². The number of hydrogen-bond donors (Lipinski definition) is 0. The van der Waals surface area contributed by atoms with Gasteiger partial charge in [0.2, 0.25) is 10.0 Å². The lowest BCUT2D eigenvalue weighted by molar-refractivity contribution is 0.0600. The molecule has 0 amide bonds. The van der Waals surface area contributed by atoms with E-state index in [0.29, 0.717) is 26.2 Å². The molecule has 1 aliphatic heterocycles. The molecule has 0 N–H and O–H groups in total. The molecule has 2 heterocycles. The monoisotopic (exact) mass is 458 g/mol. The van der Waals surface area contributed by atoms with E-state index in [-0.39, 0.29) is 10.5 Å². The van der Waals surface area contributed by atoms with Crippen LogP contribution in [0.5, 0.6) is 0 Å². The lowest BCUT2D eigenvalue weighted by atomic mass is 10.2. The van der Waals surface area contributed by atoms with Crippen LogP contribution in [0.25, 0.3) is 0 Å². The molecule has 0 atom stereocenters. The summed E-state index contributed by atoms with van der Waals surface area (Å²) in [6, 6.07) is 10.1. The molecular weight excluding hydrogens is 440 g/mol. The van der Waals surface area contributed by atoms with Crippen LogP contribution in [0.3, 0.4) is 0 Å². The number of carbonyl (C=O) groups excluding carboxylic acids is 1. The second kappa shape index (κ2) is 8.18. The average molecular weight is 459 g/mol. The van der Waals surface area contributed by atoms with Crippen molar-refractivity contribution in [3.63, 3.8) is 0 Å². The third-order valence-corrected chi connectivity index (χ3v) is 7.74. The smallest absolute Gasteiger partial charge is 0.337 e. The zero-order valence-electron chi connectivity index (χ0n) is 14.2. The van der Waals surface area contributed by atoms with Gasteiger partial charge in [0.1, 0.15) is 0 Å². The number of piperazine rings is 1. The quantitative estimate of drug-likeness (QED) is 0.644. The molecule has 6 nitrogen and oxygen atoms in total. The van der Waals surface area contributed by atoms with Crippen molar-refractivity contribution in [1.82, 2.24) is 9.21 Å². The highest BCUT2D eigenvalue weighted by atomic mass is 79.9. The van der Waals surface area contributed by atoms with E-state index in [9.17, 15) is 13.2 Å². The molecule has 0 aliphatic carbocycles. The van der Waals surface area contributed by atoms with Gasteiger partial charge in [-0.15, -0.1) is 11.3 Å². The van der Waals surface area contributed by atoms with Crippen LogP contribution in [0.4, 0.5) is 0 Å². The number of ether oxygens (including phenoxy) is 1. The molecule has 1 aromatic carbocycles. The number of methoxy groups -OCH3 is 1. The van der Waals surface area contributed by atoms with Crippen molar-refractivity contribution >= 4 is 43.3 Å². The molecule has 3 rings (SSSR count). The van der Waals surface area contributed by atoms with Crippen molar-refractivity contribution in [3.05, 3.63) is 50.6 Å². The van der Waals surface area contributed by atoms with Gasteiger partial charge in [-0.1, -0.05) is 6.07 Å². The molecule has 9 heteroatoms. The Hall–Kier alpha value is -1.26. The van der Waals surface area contributed by atoms with Gasteiger partial charge in [-0.3, -0.25) is 4.90 Å². The average Bonchev–Trinajstić information content (AvgIpc) is 3.06. The van der Waals surface area contributed by atoms with Crippen LogP contribution in [-0.2, 0) is 21.3 Å². The molecule has 1 saturated heterocycles. The first kappa shape index (κ1) is 19.5. The number of benzene rings is 1. The van der Waals surface area contributed by atoms with Gasteiger partial charge in [-0.2, -0.15) is 4.31 Å². The summed E-state index contributed by atoms with van der Waals surface area (Å²) in [4.78, 5) is 15.3. The molecule has 2 aromatic rings. The lowest BCUT2D eigenvalue weighted by Gasteiger charge is -2.33. The Morgan fingerprint density at radius 2 is 1.92 bits per heavy atom. The van der Waals surface area contributed by atoms with E-state index in [1.165, 1.54) is 28.4 Å². The Labute approximate surface area is 165 Å². The van der Waals surface area contributed by atoms with E-state index in [2.05, 4.69) is 31.6 Å². The summed E-state index contributed by atoms with van der Waals surface area (Å²) in [6.07, 6.45) is 0. The van der Waals surface area contributed by atoms with Gasteiger partial charge in [0, 0.05) is 37.6 Å². The molecule has 0 saturated carbocycles. The first-order valence-corrected chi connectivity index (χ1v) is 11.1. The van der Waals surface area contributed by atoms with E-state index >= 15 is 0 Å². The van der Waals surface area contributed by atoms with Crippen LogP contribution in [0.1, 0.15) is 15.2 Å². The van der Waals surface area contributed by atoms with Crippen molar-refractivity contribution < 1.29 is 17.9 Å². The fourth-order valence-corrected chi connectivity index (χ4v) is 5.83. The maximum Gasteiger partial charge on any atom is 0.337 e. The Morgan fingerprint density at radius 3 is 2.54 bits per heavy atom. The Kier molecular flexibility index (Phi) is 6.13. The summed E-state index contributed by atoms with van der Waals surface area (Å²) in [7, 11) is -2.35. The maximum absolute atomic E-state index is 12.9. The highest BCUT2D eigenvalue weighted by Crippen LogP contribution is 2.24. The van der Waals surface area contributed by atoms with Gasteiger partial charge in [-0.05, 0) is 46.3 Å². The van der Waals surface area contributed by atoms with Crippen LogP contribution in [0.2, 0.25) is 0 Å². The molecule has 1 aromatic heterocycles. The van der Waals surface area contributed by atoms with Crippen molar-refractivity contribution in [2.75, 3.05) is 33.3 Å². The van der Waals surface area contributed by atoms with E-state index in [1.54, 1.807) is 23.5 Å². The summed E-state index contributed by atoms with van der Waals surface area (Å²) < 4.78 is 33.0. The summed E-state index contributed by atoms with van der Waals surface area (Å²) in [5.74, 6) is -0.547. The van der Waals surface area contributed by atoms with Gasteiger partial charge < -0.3 is 4.74 Å². The number of carbonyl (C=O) groups is 1. The van der Waals surface area contributed by atoms with Gasteiger partial charge >= 0.3 is 5.97 Å². The molecule has 0 bridgehead atoms. The predicted molar refractivity (Wildman–Crippen MR) is 104 cm³/mol. The SMILES string of the molecule is COC(=O)c1cccc(S(=O)(=O)N2CCN(Cc3ccc(Br)s3)CC2)c1. The van der Waals surface area contributed by atoms with Crippen LogP contribution < -0.4 is 0 Å². The highest BCUT2D eigenvalue weighted by Gasteiger charge is 2.29. The minimum Gasteiger partial charge on any atom is -0.465 e. The number of sulfonamides is 1. The molecular formula is C17H19BrN2O4S2. The number of hydrogen-bond acceptors (Lipinski definition) is 6. The van der Waals surface area contributed by atoms with Crippen molar-refractivity contribution in [2.24, 2.45) is 0 Å². The van der Waals surface area contributed by atoms with Gasteiger partial charge in [0.25, 0.3) is 0 Å². The molecule has 0 spiro atoms. The second-order valence-electron chi connectivity index (χ2n) is 5.91. The Balaban J connectivity index is 1.67. The van der Waals surface area contributed by atoms with Crippen LogP contribution >= 0.6 is 27.3 Å². The van der Waals surface area contributed by atoms with Crippen molar-refractivity contribution in [3.8, 4) is 0 Å². The van der Waals surface area contributed by atoms with E-state index < -0.39 is 16.0 Å². The summed E-state index contributed by atoms with van der Waals surface area (Å²) in [6.45, 7) is 3.02. The molecule has 1 fully saturated rings. The van der Waals surface area contributed by atoms with Crippen LogP contribution in [0, 0.1) is 0 Å². The molecule has 26 heavy (non-hydrogen) atoms. The first-order chi connectivity index (χ1) is 12.4. The van der Waals surface area contributed by atoms with E-state index in [0.717, 1.165) is 10.3 Å². The number of esters is 1. The molecule has 0 radical (unpaired) electrons. The minimum absolute atomic E-state index is 0.121. The summed E-state index contributed by atoms with van der Waals surface area (Å²) in [5, 5.41) is 0. The molecule has 1 aliphatic rings. The molecule has 140 valence electrons. The first-order valence-electron chi connectivity index (χ1n) is 8.05. The third-order valence-electron chi connectivity index (χ3n) is 4.23. The fourth-order valence-electron chi connectivity index (χ4n) is 2.84. The molecule has 0 unspecified atom stereocenters. The predicted octanol–water partition coefficient (Wildman–Crippen LogP) is 2.80. The highest BCUT2D eigenvalue weighted by molar-refractivity contribution is 9.11. The topological polar surface area (TPSA) is 66.9 Å².